The minimum Gasteiger partial charge on any atom is -0.490 e. The minimum absolute atomic E-state index is 0.242. The van der Waals surface area contributed by atoms with E-state index in [1.165, 1.54) is 17.6 Å². The second kappa shape index (κ2) is 13.7. The molecule has 0 fully saturated rings. The fourth-order valence-corrected chi connectivity index (χ4v) is 4.38. The van der Waals surface area contributed by atoms with Crippen molar-refractivity contribution in [3.05, 3.63) is 118 Å². The molecule has 3 aromatic carbocycles. The number of carbonyl (C=O) groups is 3. The number of ether oxygens (including phenoxy) is 2. The fourth-order valence-electron chi connectivity index (χ4n) is 3.78. The lowest BCUT2D eigenvalue weighted by atomic mass is 9.90. The maximum absolute atomic E-state index is 13.0. The third-order valence-corrected chi connectivity index (χ3v) is 6.40. The second-order valence-electron chi connectivity index (χ2n) is 8.27. The average Bonchev–Trinajstić information content (AvgIpc) is 3.50. The molecule has 0 atom stereocenters. The van der Waals surface area contributed by atoms with E-state index in [0.717, 1.165) is 11.1 Å². The molecule has 0 radical (unpaired) electrons. The SMILES string of the molecule is CCOc1cc(/C=N\NC(=O)CNC(=O)C(c2ccccc2)c2ccccc2)ccc1OC(=O)c1cccs1. The van der Waals surface area contributed by atoms with Gasteiger partial charge in [0.05, 0.1) is 25.3 Å². The Hall–Kier alpha value is -4.76. The van der Waals surface area contributed by atoms with Gasteiger partial charge in [-0.25, -0.2) is 10.2 Å². The van der Waals surface area contributed by atoms with E-state index < -0.39 is 17.8 Å². The number of benzene rings is 3. The van der Waals surface area contributed by atoms with E-state index in [1.54, 1.807) is 35.7 Å². The molecule has 8 nitrogen and oxygen atoms in total. The third kappa shape index (κ3) is 7.62. The third-order valence-electron chi connectivity index (χ3n) is 5.55. The van der Waals surface area contributed by atoms with Gasteiger partial charge in [-0.1, -0.05) is 66.7 Å². The van der Waals surface area contributed by atoms with E-state index in [1.807, 2.05) is 67.6 Å². The largest absolute Gasteiger partial charge is 0.490 e. The lowest BCUT2D eigenvalue weighted by molar-refractivity contribution is -0.126. The van der Waals surface area contributed by atoms with Crippen LogP contribution in [0.15, 0.2) is 101 Å². The molecule has 0 saturated heterocycles. The molecule has 4 rings (SSSR count). The lowest BCUT2D eigenvalue weighted by Crippen LogP contribution is -2.37. The Bertz CT molecular complexity index is 1380. The first-order valence-corrected chi connectivity index (χ1v) is 13.1. The second-order valence-corrected chi connectivity index (χ2v) is 9.22. The topological polar surface area (TPSA) is 106 Å². The summed E-state index contributed by atoms with van der Waals surface area (Å²) in [4.78, 5) is 38.2. The normalized spacial score (nSPS) is 10.8. The van der Waals surface area contributed by atoms with Crippen molar-refractivity contribution >= 4 is 35.3 Å². The Labute approximate surface area is 230 Å². The summed E-state index contributed by atoms with van der Waals surface area (Å²) in [7, 11) is 0. The Kier molecular flexibility index (Phi) is 9.57. The molecule has 39 heavy (non-hydrogen) atoms. The molecule has 1 aromatic heterocycles. The summed E-state index contributed by atoms with van der Waals surface area (Å²) in [5, 5.41) is 8.47. The van der Waals surface area contributed by atoms with Crippen molar-refractivity contribution in [2.75, 3.05) is 13.2 Å². The van der Waals surface area contributed by atoms with Gasteiger partial charge in [-0.2, -0.15) is 5.10 Å². The summed E-state index contributed by atoms with van der Waals surface area (Å²) in [6.45, 7) is 1.95. The van der Waals surface area contributed by atoms with E-state index >= 15 is 0 Å². The number of rotatable bonds is 11. The molecule has 198 valence electrons. The van der Waals surface area contributed by atoms with Crippen LogP contribution < -0.4 is 20.2 Å². The number of hydrazone groups is 1. The quantitative estimate of drug-likeness (QED) is 0.123. The maximum Gasteiger partial charge on any atom is 0.353 e. The van der Waals surface area contributed by atoms with Crippen molar-refractivity contribution in [3.63, 3.8) is 0 Å². The average molecular weight is 542 g/mol. The van der Waals surface area contributed by atoms with Crippen LogP contribution in [0.25, 0.3) is 0 Å². The zero-order valence-corrected chi connectivity index (χ0v) is 22.0. The van der Waals surface area contributed by atoms with Crippen molar-refractivity contribution in [2.45, 2.75) is 12.8 Å². The van der Waals surface area contributed by atoms with Gasteiger partial charge in [0.25, 0.3) is 5.91 Å². The van der Waals surface area contributed by atoms with Crippen molar-refractivity contribution in [1.29, 1.82) is 0 Å². The monoisotopic (exact) mass is 541 g/mol. The van der Waals surface area contributed by atoms with Gasteiger partial charge in [0.1, 0.15) is 4.88 Å². The van der Waals surface area contributed by atoms with E-state index in [2.05, 4.69) is 15.8 Å². The predicted octanol–water partition coefficient (Wildman–Crippen LogP) is 4.76. The summed E-state index contributed by atoms with van der Waals surface area (Å²) >= 11 is 1.29. The number of carbonyl (C=O) groups excluding carboxylic acids is 3. The Balaban J connectivity index is 1.35. The number of hydrogen-bond donors (Lipinski definition) is 2. The van der Waals surface area contributed by atoms with Crippen LogP contribution in [-0.2, 0) is 9.59 Å². The summed E-state index contributed by atoms with van der Waals surface area (Å²) in [5.41, 5.74) is 4.69. The highest BCUT2D eigenvalue weighted by molar-refractivity contribution is 7.12. The van der Waals surface area contributed by atoms with Crippen LogP contribution in [0, 0.1) is 0 Å². The standard InChI is InChI=1S/C30H27N3O5S/c1-2-37-25-18-21(15-16-24(25)38-30(36)26-14-9-17-39-26)19-32-33-27(34)20-31-29(35)28(22-10-5-3-6-11-22)23-12-7-4-8-13-23/h3-19,28H,2,20H2,1H3,(H,31,35)(H,33,34)/b32-19-. The maximum atomic E-state index is 13.0. The highest BCUT2D eigenvalue weighted by Gasteiger charge is 2.22. The summed E-state index contributed by atoms with van der Waals surface area (Å²) in [6, 6.07) is 27.2. The molecule has 2 amide bonds. The molecule has 9 heteroatoms. The molecule has 0 unspecified atom stereocenters. The van der Waals surface area contributed by atoms with Crippen LogP contribution in [0.3, 0.4) is 0 Å². The van der Waals surface area contributed by atoms with E-state index in [4.69, 9.17) is 9.47 Å². The van der Waals surface area contributed by atoms with E-state index in [-0.39, 0.29) is 18.2 Å². The van der Waals surface area contributed by atoms with Gasteiger partial charge in [-0.15, -0.1) is 11.3 Å². The van der Waals surface area contributed by atoms with Crippen LogP contribution in [0.5, 0.6) is 11.5 Å². The summed E-state index contributed by atoms with van der Waals surface area (Å²) in [5.74, 6) is -1.13. The van der Waals surface area contributed by atoms with Crippen molar-refractivity contribution < 1.29 is 23.9 Å². The van der Waals surface area contributed by atoms with Crippen molar-refractivity contribution in [2.24, 2.45) is 5.10 Å². The summed E-state index contributed by atoms with van der Waals surface area (Å²) in [6.07, 6.45) is 1.43. The van der Waals surface area contributed by atoms with Crippen molar-refractivity contribution in [1.82, 2.24) is 10.7 Å². The van der Waals surface area contributed by atoms with Gasteiger partial charge < -0.3 is 14.8 Å². The van der Waals surface area contributed by atoms with Crippen LogP contribution in [0.2, 0.25) is 0 Å². The zero-order valence-electron chi connectivity index (χ0n) is 21.2. The van der Waals surface area contributed by atoms with Gasteiger partial charge >= 0.3 is 5.97 Å². The lowest BCUT2D eigenvalue weighted by Gasteiger charge is -2.17. The molecule has 0 spiro atoms. The van der Waals surface area contributed by atoms with Crippen LogP contribution in [-0.4, -0.2) is 37.1 Å². The summed E-state index contributed by atoms with van der Waals surface area (Å²) < 4.78 is 11.1. The smallest absolute Gasteiger partial charge is 0.353 e. The van der Waals surface area contributed by atoms with Crippen LogP contribution >= 0.6 is 11.3 Å². The highest BCUT2D eigenvalue weighted by Crippen LogP contribution is 2.29. The minimum atomic E-state index is -0.548. The molecule has 0 aliphatic heterocycles. The molecular weight excluding hydrogens is 514 g/mol. The van der Waals surface area contributed by atoms with E-state index in [0.29, 0.717) is 22.8 Å². The molecule has 1 heterocycles. The number of nitrogens with one attached hydrogen (secondary N) is 2. The first-order chi connectivity index (χ1) is 19.0. The Morgan fingerprint density at radius 1 is 0.897 bits per heavy atom. The van der Waals surface area contributed by atoms with E-state index in [9.17, 15) is 14.4 Å². The molecule has 0 aliphatic rings. The van der Waals surface area contributed by atoms with Gasteiger partial charge in [-0.05, 0) is 53.3 Å². The van der Waals surface area contributed by atoms with Gasteiger partial charge in [0.2, 0.25) is 5.91 Å². The molecule has 0 saturated carbocycles. The highest BCUT2D eigenvalue weighted by atomic mass is 32.1. The molecule has 2 N–H and O–H groups in total. The van der Waals surface area contributed by atoms with Crippen LogP contribution in [0.1, 0.15) is 39.2 Å². The zero-order chi connectivity index (χ0) is 27.5. The number of hydrogen-bond acceptors (Lipinski definition) is 7. The molecular formula is C30H27N3O5S. The predicted molar refractivity (Wildman–Crippen MR) is 150 cm³/mol. The molecule has 0 bridgehead atoms. The Morgan fingerprint density at radius 3 is 2.21 bits per heavy atom. The first kappa shape index (κ1) is 27.3. The number of esters is 1. The first-order valence-electron chi connectivity index (χ1n) is 12.3. The number of amides is 2. The van der Waals surface area contributed by atoms with Crippen LogP contribution in [0.4, 0.5) is 0 Å². The van der Waals surface area contributed by atoms with Gasteiger partial charge in [-0.3, -0.25) is 9.59 Å². The number of nitrogens with zero attached hydrogens (tertiary/aromatic N) is 1. The molecule has 4 aromatic rings. The Morgan fingerprint density at radius 2 is 1.59 bits per heavy atom. The van der Waals surface area contributed by atoms with Gasteiger partial charge in [0, 0.05) is 0 Å². The fraction of sp³-hybridized carbons (Fsp3) is 0.133. The van der Waals surface area contributed by atoms with Gasteiger partial charge in [0.15, 0.2) is 11.5 Å². The molecule has 0 aliphatic carbocycles. The number of thiophene rings is 1. The van der Waals surface area contributed by atoms with Crippen molar-refractivity contribution in [3.8, 4) is 11.5 Å².